The fourth-order valence-electron chi connectivity index (χ4n) is 2.20. The van der Waals surface area contributed by atoms with E-state index in [2.05, 4.69) is 17.4 Å². The molecule has 0 heterocycles. The summed E-state index contributed by atoms with van der Waals surface area (Å²) in [5.41, 5.74) is 8.19. The first kappa shape index (κ1) is 20.0. The standard InChI is InChI=1S/C19H24N2O2.ClH/c20-18-10-8-17(9-11-18)19(22)21-13-4-5-14-23-15-12-16-6-2-1-3-7-16;/h1-3,6-11H,4-5,12-15,20H2,(H,21,22);1H. The van der Waals surface area contributed by atoms with E-state index in [-0.39, 0.29) is 18.3 Å². The largest absolute Gasteiger partial charge is 0.399 e. The normalized spacial score (nSPS) is 10.0. The molecule has 0 aliphatic rings. The van der Waals surface area contributed by atoms with Crippen LogP contribution in [0.1, 0.15) is 28.8 Å². The number of carbonyl (C=O) groups excluding carboxylic acids is 1. The molecule has 0 bridgehead atoms. The van der Waals surface area contributed by atoms with E-state index in [9.17, 15) is 4.79 Å². The fourth-order valence-corrected chi connectivity index (χ4v) is 2.20. The molecule has 2 aromatic rings. The van der Waals surface area contributed by atoms with Gasteiger partial charge in [0, 0.05) is 24.4 Å². The molecule has 0 radical (unpaired) electrons. The second-order valence-electron chi connectivity index (χ2n) is 5.43. The number of benzene rings is 2. The van der Waals surface area contributed by atoms with Crippen molar-refractivity contribution < 1.29 is 9.53 Å². The van der Waals surface area contributed by atoms with Gasteiger partial charge in [-0.15, -0.1) is 12.4 Å². The predicted octanol–water partition coefficient (Wildman–Crippen LogP) is 3.46. The number of anilines is 1. The van der Waals surface area contributed by atoms with Crippen molar-refractivity contribution in [3.8, 4) is 0 Å². The maximum atomic E-state index is 11.9. The van der Waals surface area contributed by atoms with Crippen LogP contribution in [0.3, 0.4) is 0 Å². The average Bonchev–Trinajstić information content (AvgIpc) is 2.58. The van der Waals surface area contributed by atoms with E-state index in [0.717, 1.165) is 32.5 Å². The summed E-state index contributed by atoms with van der Waals surface area (Å²) in [5, 5.41) is 2.90. The van der Waals surface area contributed by atoms with Crippen molar-refractivity contribution >= 4 is 24.0 Å². The molecule has 0 aromatic heterocycles. The maximum absolute atomic E-state index is 11.9. The Morgan fingerprint density at radius 3 is 2.38 bits per heavy atom. The van der Waals surface area contributed by atoms with E-state index in [1.54, 1.807) is 24.3 Å². The van der Waals surface area contributed by atoms with Gasteiger partial charge < -0.3 is 15.8 Å². The van der Waals surface area contributed by atoms with Crippen LogP contribution < -0.4 is 11.1 Å². The molecule has 3 N–H and O–H groups in total. The first-order valence-electron chi connectivity index (χ1n) is 8.01. The van der Waals surface area contributed by atoms with Gasteiger partial charge >= 0.3 is 0 Å². The highest BCUT2D eigenvalue weighted by molar-refractivity contribution is 5.94. The van der Waals surface area contributed by atoms with Crippen molar-refractivity contribution in [2.45, 2.75) is 19.3 Å². The molecular formula is C19H25ClN2O2. The fraction of sp³-hybridized carbons (Fsp3) is 0.316. The van der Waals surface area contributed by atoms with Crippen molar-refractivity contribution in [2.24, 2.45) is 0 Å². The van der Waals surface area contributed by atoms with E-state index < -0.39 is 0 Å². The Labute approximate surface area is 149 Å². The highest BCUT2D eigenvalue weighted by Gasteiger charge is 2.03. The van der Waals surface area contributed by atoms with Crippen LogP contribution in [0.15, 0.2) is 54.6 Å². The molecule has 0 fully saturated rings. The molecule has 2 aromatic carbocycles. The van der Waals surface area contributed by atoms with Crippen LogP contribution in [0.25, 0.3) is 0 Å². The highest BCUT2D eigenvalue weighted by Crippen LogP contribution is 2.05. The van der Waals surface area contributed by atoms with Gasteiger partial charge in [0.15, 0.2) is 0 Å². The molecule has 4 nitrogen and oxygen atoms in total. The van der Waals surface area contributed by atoms with Gasteiger partial charge in [0.1, 0.15) is 0 Å². The quantitative estimate of drug-likeness (QED) is 0.538. The Morgan fingerprint density at radius 1 is 0.958 bits per heavy atom. The minimum Gasteiger partial charge on any atom is -0.399 e. The molecule has 1 amide bonds. The van der Waals surface area contributed by atoms with Gasteiger partial charge in [-0.3, -0.25) is 4.79 Å². The summed E-state index contributed by atoms with van der Waals surface area (Å²) >= 11 is 0. The van der Waals surface area contributed by atoms with Gasteiger partial charge in [-0.05, 0) is 49.1 Å². The minimum absolute atomic E-state index is 0. The second-order valence-corrected chi connectivity index (χ2v) is 5.43. The average molecular weight is 349 g/mol. The van der Waals surface area contributed by atoms with E-state index in [0.29, 0.717) is 17.8 Å². The summed E-state index contributed by atoms with van der Waals surface area (Å²) in [5.74, 6) is -0.0602. The number of nitrogens with one attached hydrogen (secondary N) is 1. The molecule has 2 rings (SSSR count). The molecule has 5 heteroatoms. The Morgan fingerprint density at radius 2 is 1.67 bits per heavy atom. The number of nitrogens with two attached hydrogens (primary N) is 1. The van der Waals surface area contributed by atoms with Gasteiger partial charge in [-0.2, -0.15) is 0 Å². The molecule has 130 valence electrons. The highest BCUT2D eigenvalue weighted by atomic mass is 35.5. The lowest BCUT2D eigenvalue weighted by Gasteiger charge is -2.06. The predicted molar refractivity (Wildman–Crippen MR) is 101 cm³/mol. The van der Waals surface area contributed by atoms with Crippen LogP contribution in [-0.4, -0.2) is 25.7 Å². The SMILES string of the molecule is Cl.Nc1ccc(C(=O)NCCCCOCCc2ccccc2)cc1. The van der Waals surface area contributed by atoms with Crippen molar-refractivity contribution in [1.82, 2.24) is 5.32 Å². The number of amides is 1. The molecule has 0 spiro atoms. The lowest BCUT2D eigenvalue weighted by Crippen LogP contribution is -2.24. The Balaban J connectivity index is 0.00000288. The number of hydrogen-bond acceptors (Lipinski definition) is 3. The van der Waals surface area contributed by atoms with Gasteiger partial charge in [0.2, 0.25) is 0 Å². The van der Waals surface area contributed by atoms with E-state index in [1.165, 1.54) is 5.56 Å². The molecule has 0 saturated heterocycles. The summed E-state index contributed by atoms with van der Waals surface area (Å²) in [6, 6.07) is 17.2. The van der Waals surface area contributed by atoms with Gasteiger partial charge in [-0.25, -0.2) is 0 Å². The maximum Gasteiger partial charge on any atom is 0.251 e. The summed E-state index contributed by atoms with van der Waals surface area (Å²) in [7, 11) is 0. The van der Waals surface area contributed by atoms with Gasteiger partial charge in [0.05, 0.1) is 6.61 Å². The van der Waals surface area contributed by atoms with Crippen molar-refractivity contribution in [3.63, 3.8) is 0 Å². The Hall–Kier alpha value is -2.04. The molecule has 24 heavy (non-hydrogen) atoms. The van der Waals surface area contributed by atoms with Crippen LogP contribution in [0, 0.1) is 0 Å². The molecule has 0 unspecified atom stereocenters. The van der Waals surface area contributed by atoms with Crippen LogP contribution in [0.5, 0.6) is 0 Å². The van der Waals surface area contributed by atoms with Crippen LogP contribution >= 0.6 is 12.4 Å². The second kappa shape index (κ2) is 11.5. The third-order valence-electron chi connectivity index (χ3n) is 3.55. The first-order valence-corrected chi connectivity index (χ1v) is 8.01. The van der Waals surface area contributed by atoms with Crippen LogP contribution in [0.4, 0.5) is 5.69 Å². The number of ether oxygens (including phenoxy) is 1. The number of rotatable bonds is 9. The van der Waals surface area contributed by atoms with Crippen LogP contribution in [-0.2, 0) is 11.2 Å². The molecule has 0 atom stereocenters. The van der Waals surface area contributed by atoms with Gasteiger partial charge in [0.25, 0.3) is 5.91 Å². The molecule has 0 aliphatic heterocycles. The molecule has 0 aliphatic carbocycles. The summed E-state index contributed by atoms with van der Waals surface area (Å²) < 4.78 is 5.62. The molecule has 0 saturated carbocycles. The number of carbonyl (C=O) groups is 1. The Kier molecular flexibility index (Phi) is 9.58. The monoisotopic (exact) mass is 348 g/mol. The van der Waals surface area contributed by atoms with Crippen molar-refractivity contribution in [3.05, 3.63) is 65.7 Å². The summed E-state index contributed by atoms with van der Waals surface area (Å²) in [6.45, 7) is 2.12. The third-order valence-corrected chi connectivity index (χ3v) is 3.55. The summed E-state index contributed by atoms with van der Waals surface area (Å²) in [4.78, 5) is 11.9. The smallest absolute Gasteiger partial charge is 0.251 e. The zero-order chi connectivity index (χ0) is 16.3. The lowest BCUT2D eigenvalue weighted by atomic mass is 10.2. The van der Waals surface area contributed by atoms with Crippen LogP contribution in [0.2, 0.25) is 0 Å². The van der Waals surface area contributed by atoms with E-state index >= 15 is 0 Å². The van der Waals surface area contributed by atoms with E-state index in [1.807, 2.05) is 18.2 Å². The zero-order valence-electron chi connectivity index (χ0n) is 13.7. The lowest BCUT2D eigenvalue weighted by molar-refractivity contribution is 0.0949. The molecular weight excluding hydrogens is 324 g/mol. The number of halogens is 1. The number of nitrogen functional groups attached to an aromatic ring is 1. The zero-order valence-corrected chi connectivity index (χ0v) is 14.6. The van der Waals surface area contributed by atoms with Crippen molar-refractivity contribution in [2.75, 3.05) is 25.5 Å². The number of unbranched alkanes of at least 4 members (excludes halogenated alkanes) is 1. The van der Waals surface area contributed by atoms with Crippen molar-refractivity contribution in [1.29, 1.82) is 0 Å². The third kappa shape index (κ3) is 7.49. The van der Waals surface area contributed by atoms with Gasteiger partial charge in [-0.1, -0.05) is 30.3 Å². The van der Waals surface area contributed by atoms with E-state index in [4.69, 9.17) is 10.5 Å². The Bertz CT molecular complexity index is 588. The summed E-state index contributed by atoms with van der Waals surface area (Å²) in [6.07, 6.45) is 2.79. The first-order chi connectivity index (χ1) is 11.3. The number of hydrogen-bond donors (Lipinski definition) is 2. The topological polar surface area (TPSA) is 64.4 Å². The minimum atomic E-state index is -0.0602.